The average molecular weight is 281 g/mol. The summed E-state index contributed by atoms with van der Waals surface area (Å²) < 4.78 is 16.9. The van der Waals surface area contributed by atoms with E-state index >= 15 is 0 Å². The zero-order chi connectivity index (χ0) is 14.4. The van der Waals surface area contributed by atoms with E-state index in [0.717, 1.165) is 6.42 Å². The van der Waals surface area contributed by atoms with Crippen LogP contribution in [-0.2, 0) is 0 Å². The van der Waals surface area contributed by atoms with E-state index in [1.54, 1.807) is 0 Å². The third kappa shape index (κ3) is 4.28. The molecule has 1 aliphatic rings. The van der Waals surface area contributed by atoms with Crippen molar-refractivity contribution >= 4 is 0 Å². The molecule has 5 heteroatoms. The second kappa shape index (κ2) is 7.36. The number of rotatable bonds is 6. The van der Waals surface area contributed by atoms with Crippen LogP contribution in [0.1, 0.15) is 20.3 Å². The molecule has 0 radical (unpaired) electrons. The van der Waals surface area contributed by atoms with Crippen molar-refractivity contribution in [2.24, 2.45) is 0 Å². The molecule has 0 amide bonds. The molecule has 1 aliphatic heterocycles. The predicted molar refractivity (Wildman–Crippen MR) is 76.7 cm³/mol. The van der Waals surface area contributed by atoms with Gasteiger partial charge >= 0.3 is 0 Å². The van der Waals surface area contributed by atoms with Crippen LogP contribution in [-0.4, -0.2) is 43.6 Å². The molecule has 0 spiro atoms. The van der Waals surface area contributed by atoms with Crippen LogP contribution in [0.4, 0.5) is 0 Å². The van der Waals surface area contributed by atoms with Crippen molar-refractivity contribution in [2.75, 3.05) is 26.4 Å². The van der Waals surface area contributed by atoms with Gasteiger partial charge in [-0.05, 0) is 12.1 Å². The van der Waals surface area contributed by atoms with Crippen molar-refractivity contribution in [3.05, 3.63) is 18.2 Å². The van der Waals surface area contributed by atoms with Crippen LogP contribution in [0.25, 0.3) is 0 Å². The second-order valence-corrected chi connectivity index (χ2v) is 5.16. The van der Waals surface area contributed by atoms with Crippen molar-refractivity contribution in [1.82, 2.24) is 5.32 Å². The fraction of sp³-hybridized carbons (Fsp3) is 0.600. The second-order valence-electron chi connectivity index (χ2n) is 5.16. The standard InChI is InChI=1S/C15H23NO4/c1-11(2)16-9-12(17)10-20-14-6-3-5-13-15(14)19-8-4-7-18-13/h3,5-6,11-12,16-17H,4,7-10H2,1-2H3. The molecule has 1 atom stereocenters. The summed E-state index contributed by atoms with van der Waals surface area (Å²) in [6.45, 7) is 6.07. The molecule has 0 bridgehead atoms. The van der Waals surface area contributed by atoms with Crippen molar-refractivity contribution < 1.29 is 19.3 Å². The number of benzene rings is 1. The Bertz CT molecular complexity index is 422. The molecule has 0 aromatic heterocycles. The molecule has 2 N–H and O–H groups in total. The van der Waals surface area contributed by atoms with E-state index in [4.69, 9.17) is 14.2 Å². The molecule has 0 aliphatic carbocycles. The fourth-order valence-electron chi connectivity index (χ4n) is 1.90. The minimum Gasteiger partial charge on any atom is -0.489 e. The highest BCUT2D eigenvalue weighted by molar-refractivity contribution is 5.51. The van der Waals surface area contributed by atoms with Gasteiger partial charge in [-0.3, -0.25) is 0 Å². The van der Waals surface area contributed by atoms with E-state index in [1.807, 2.05) is 32.0 Å². The van der Waals surface area contributed by atoms with Crippen LogP contribution in [0.2, 0.25) is 0 Å². The Morgan fingerprint density at radius 1 is 1.30 bits per heavy atom. The van der Waals surface area contributed by atoms with Gasteiger partial charge in [-0.2, -0.15) is 0 Å². The first-order valence-electron chi connectivity index (χ1n) is 7.09. The highest BCUT2D eigenvalue weighted by Crippen LogP contribution is 2.38. The summed E-state index contributed by atoms with van der Waals surface area (Å²) in [7, 11) is 0. The molecule has 20 heavy (non-hydrogen) atoms. The Hall–Kier alpha value is -1.46. The highest BCUT2D eigenvalue weighted by Gasteiger charge is 2.16. The van der Waals surface area contributed by atoms with E-state index in [1.165, 1.54) is 0 Å². The number of aliphatic hydroxyl groups excluding tert-OH is 1. The molecule has 0 fully saturated rings. The Morgan fingerprint density at radius 3 is 2.90 bits per heavy atom. The first kappa shape index (κ1) is 14.9. The lowest BCUT2D eigenvalue weighted by atomic mass is 10.3. The van der Waals surface area contributed by atoms with Crippen molar-refractivity contribution in [3.8, 4) is 17.2 Å². The largest absolute Gasteiger partial charge is 0.489 e. The van der Waals surface area contributed by atoms with Gasteiger partial charge in [0.15, 0.2) is 11.5 Å². The highest BCUT2D eigenvalue weighted by atomic mass is 16.6. The molecule has 1 aromatic rings. The minimum absolute atomic E-state index is 0.222. The SMILES string of the molecule is CC(C)NCC(O)COc1cccc2c1OCCCO2. The monoisotopic (exact) mass is 281 g/mol. The lowest BCUT2D eigenvalue weighted by molar-refractivity contribution is 0.102. The van der Waals surface area contributed by atoms with Gasteiger partial charge in [-0.15, -0.1) is 0 Å². The van der Waals surface area contributed by atoms with Gasteiger partial charge in [0.2, 0.25) is 5.75 Å². The van der Waals surface area contributed by atoms with Gasteiger partial charge < -0.3 is 24.6 Å². The average Bonchev–Trinajstić information content (AvgIpc) is 2.68. The summed E-state index contributed by atoms with van der Waals surface area (Å²) >= 11 is 0. The zero-order valence-corrected chi connectivity index (χ0v) is 12.1. The van der Waals surface area contributed by atoms with Crippen LogP contribution >= 0.6 is 0 Å². The van der Waals surface area contributed by atoms with Gasteiger partial charge in [-0.25, -0.2) is 0 Å². The summed E-state index contributed by atoms with van der Waals surface area (Å²) in [5, 5.41) is 13.0. The van der Waals surface area contributed by atoms with Crippen LogP contribution in [0.5, 0.6) is 17.2 Å². The Kier molecular flexibility index (Phi) is 5.49. The first-order valence-corrected chi connectivity index (χ1v) is 7.09. The number of hydrogen-bond acceptors (Lipinski definition) is 5. The zero-order valence-electron chi connectivity index (χ0n) is 12.1. The Labute approximate surface area is 119 Å². The van der Waals surface area contributed by atoms with Crippen molar-refractivity contribution in [3.63, 3.8) is 0 Å². The summed E-state index contributed by atoms with van der Waals surface area (Å²) in [4.78, 5) is 0. The maximum absolute atomic E-state index is 9.86. The van der Waals surface area contributed by atoms with E-state index in [0.29, 0.717) is 43.0 Å². The number of nitrogens with one attached hydrogen (secondary N) is 1. The third-order valence-corrected chi connectivity index (χ3v) is 2.93. The van der Waals surface area contributed by atoms with Gasteiger partial charge in [0, 0.05) is 19.0 Å². The summed E-state index contributed by atoms with van der Waals surface area (Å²) in [5.74, 6) is 1.96. The minimum atomic E-state index is -0.556. The number of ether oxygens (including phenoxy) is 3. The normalized spacial score (nSPS) is 15.8. The lowest BCUT2D eigenvalue weighted by Crippen LogP contribution is -2.35. The molecule has 1 heterocycles. The smallest absolute Gasteiger partial charge is 0.203 e. The molecule has 0 saturated carbocycles. The first-order chi connectivity index (χ1) is 9.66. The van der Waals surface area contributed by atoms with E-state index in [-0.39, 0.29) is 6.61 Å². The fourth-order valence-corrected chi connectivity index (χ4v) is 1.90. The summed E-state index contributed by atoms with van der Waals surface area (Å²) in [6, 6.07) is 5.90. The number of aliphatic hydroxyl groups is 1. The molecule has 2 rings (SSSR count). The number of fused-ring (bicyclic) bond motifs is 1. The molecule has 112 valence electrons. The Balaban J connectivity index is 1.92. The summed E-state index contributed by atoms with van der Waals surface area (Å²) in [5.41, 5.74) is 0. The van der Waals surface area contributed by atoms with Gasteiger partial charge in [0.05, 0.1) is 13.2 Å². The van der Waals surface area contributed by atoms with Crippen LogP contribution in [0, 0.1) is 0 Å². The van der Waals surface area contributed by atoms with Crippen molar-refractivity contribution in [2.45, 2.75) is 32.4 Å². The quantitative estimate of drug-likeness (QED) is 0.829. The maximum Gasteiger partial charge on any atom is 0.203 e. The Morgan fingerprint density at radius 2 is 2.10 bits per heavy atom. The lowest BCUT2D eigenvalue weighted by Gasteiger charge is -2.17. The van der Waals surface area contributed by atoms with Gasteiger partial charge in [0.25, 0.3) is 0 Å². The maximum atomic E-state index is 9.86. The van der Waals surface area contributed by atoms with Crippen LogP contribution in [0.15, 0.2) is 18.2 Å². The number of hydrogen-bond donors (Lipinski definition) is 2. The topological polar surface area (TPSA) is 60.0 Å². The van der Waals surface area contributed by atoms with E-state index in [2.05, 4.69) is 5.32 Å². The molecular weight excluding hydrogens is 258 g/mol. The molecule has 1 unspecified atom stereocenters. The van der Waals surface area contributed by atoms with E-state index in [9.17, 15) is 5.11 Å². The van der Waals surface area contributed by atoms with Gasteiger partial charge in [-0.1, -0.05) is 19.9 Å². The summed E-state index contributed by atoms with van der Waals surface area (Å²) in [6.07, 6.45) is 0.301. The molecule has 5 nitrogen and oxygen atoms in total. The third-order valence-electron chi connectivity index (χ3n) is 2.93. The van der Waals surface area contributed by atoms with Gasteiger partial charge in [0.1, 0.15) is 12.7 Å². The molecular formula is C15H23NO4. The predicted octanol–water partition coefficient (Wildman–Crippen LogP) is 1.59. The van der Waals surface area contributed by atoms with Crippen LogP contribution in [0.3, 0.4) is 0 Å². The molecule has 1 aromatic carbocycles. The molecule has 0 saturated heterocycles. The van der Waals surface area contributed by atoms with E-state index < -0.39 is 6.10 Å². The van der Waals surface area contributed by atoms with Crippen LogP contribution < -0.4 is 19.5 Å². The van der Waals surface area contributed by atoms with Crippen molar-refractivity contribution in [1.29, 1.82) is 0 Å². The number of para-hydroxylation sites is 1.